The molecule has 1 heterocycles. The minimum absolute atomic E-state index is 0.116. The van der Waals surface area contributed by atoms with Gasteiger partial charge in [-0.25, -0.2) is 0 Å². The van der Waals surface area contributed by atoms with Gasteiger partial charge < -0.3 is 4.74 Å². The molecular formula is C7H11F3O. The summed E-state index contributed by atoms with van der Waals surface area (Å²) in [5.74, 6) is 0.272. The molecule has 0 aromatic heterocycles. The summed E-state index contributed by atoms with van der Waals surface area (Å²) in [5.41, 5.74) is 0. The first-order chi connectivity index (χ1) is 5.00. The van der Waals surface area contributed by atoms with Gasteiger partial charge in [0.05, 0.1) is 0 Å². The number of alkyl halides is 3. The van der Waals surface area contributed by atoms with E-state index in [-0.39, 0.29) is 18.9 Å². The summed E-state index contributed by atoms with van der Waals surface area (Å²) in [4.78, 5) is 0. The number of ether oxygens (including phenoxy) is 1. The molecule has 0 unspecified atom stereocenters. The van der Waals surface area contributed by atoms with E-state index in [0.717, 1.165) is 0 Å². The predicted octanol–water partition coefficient (Wildman–Crippen LogP) is 2.36. The molecule has 0 N–H and O–H groups in total. The van der Waals surface area contributed by atoms with E-state index in [1.54, 1.807) is 0 Å². The normalized spacial score (nSPS) is 33.8. The molecule has 4 heteroatoms. The van der Waals surface area contributed by atoms with E-state index in [0.29, 0.717) is 6.42 Å². The van der Waals surface area contributed by atoms with Crippen molar-refractivity contribution in [2.75, 3.05) is 6.61 Å². The highest BCUT2D eigenvalue weighted by Gasteiger charge is 2.42. The van der Waals surface area contributed by atoms with Gasteiger partial charge in [0.2, 0.25) is 0 Å². The Balaban J connectivity index is 2.39. The molecule has 66 valence electrons. The Kier molecular flexibility index (Phi) is 2.42. The Bertz CT molecular complexity index is 124. The van der Waals surface area contributed by atoms with Crippen molar-refractivity contribution in [3.63, 3.8) is 0 Å². The fourth-order valence-corrected chi connectivity index (χ4v) is 1.14. The Hall–Kier alpha value is -0.250. The lowest BCUT2D eigenvalue weighted by Gasteiger charge is -2.28. The monoisotopic (exact) mass is 168 g/mol. The van der Waals surface area contributed by atoms with Crippen molar-refractivity contribution in [3.8, 4) is 0 Å². The van der Waals surface area contributed by atoms with E-state index < -0.39 is 12.3 Å². The van der Waals surface area contributed by atoms with Crippen LogP contribution in [-0.2, 0) is 4.74 Å². The maximum absolute atomic E-state index is 11.9. The summed E-state index contributed by atoms with van der Waals surface area (Å²) in [6.07, 6.45) is -4.95. The molecule has 0 aliphatic carbocycles. The average molecular weight is 168 g/mol. The summed E-state index contributed by atoms with van der Waals surface area (Å²) in [5, 5.41) is 0. The first kappa shape index (κ1) is 8.84. The summed E-state index contributed by atoms with van der Waals surface area (Å²) in [7, 11) is 0. The Labute approximate surface area is 63.5 Å². The first-order valence-corrected chi connectivity index (χ1v) is 3.68. The molecule has 1 nitrogen and oxygen atoms in total. The van der Waals surface area contributed by atoms with Gasteiger partial charge in [-0.2, -0.15) is 13.2 Å². The van der Waals surface area contributed by atoms with Gasteiger partial charge in [-0.05, 0) is 18.8 Å². The van der Waals surface area contributed by atoms with Gasteiger partial charge in [-0.15, -0.1) is 0 Å². The Morgan fingerprint density at radius 3 is 2.27 bits per heavy atom. The van der Waals surface area contributed by atoms with E-state index in [1.165, 1.54) is 0 Å². The van der Waals surface area contributed by atoms with Crippen molar-refractivity contribution in [2.45, 2.75) is 32.0 Å². The zero-order valence-electron chi connectivity index (χ0n) is 6.32. The van der Waals surface area contributed by atoms with Crippen LogP contribution in [0.3, 0.4) is 0 Å². The highest BCUT2D eigenvalue weighted by Crippen LogP contribution is 2.31. The van der Waals surface area contributed by atoms with E-state index >= 15 is 0 Å². The second-order valence-corrected chi connectivity index (χ2v) is 3.05. The van der Waals surface area contributed by atoms with Crippen LogP contribution in [0.4, 0.5) is 13.2 Å². The SMILES string of the molecule is C[C@@H]1CC[C@@H](C(F)(F)F)OC1. The van der Waals surface area contributed by atoms with Crippen LogP contribution in [0.5, 0.6) is 0 Å². The molecular weight excluding hydrogens is 157 g/mol. The minimum Gasteiger partial charge on any atom is -0.369 e. The molecule has 1 aliphatic rings. The smallest absolute Gasteiger partial charge is 0.369 e. The quantitative estimate of drug-likeness (QED) is 0.539. The van der Waals surface area contributed by atoms with Gasteiger partial charge in [0, 0.05) is 6.61 Å². The zero-order chi connectivity index (χ0) is 8.48. The molecule has 0 radical (unpaired) electrons. The first-order valence-electron chi connectivity index (χ1n) is 3.68. The van der Waals surface area contributed by atoms with Crippen LogP contribution < -0.4 is 0 Å². The second-order valence-electron chi connectivity index (χ2n) is 3.05. The molecule has 0 spiro atoms. The lowest BCUT2D eigenvalue weighted by molar-refractivity contribution is -0.234. The topological polar surface area (TPSA) is 9.23 Å². The van der Waals surface area contributed by atoms with Crippen LogP contribution in [0.1, 0.15) is 19.8 Å². The van der Waals surface area contributed by atoms with Gasteiger partial charge >= 0.3 is 6.18 Å². The number of halogens is 3. The third kappa shape index (κ3) is 2.36. The van der Waals surface area contributed by atoms with Crippen molar-refractivity contribution in [3.05, 3.63) is 0 Å². The molecule has 11 heavy (non-hydrogen) atoms. The molecule has 0 bridgehead atoms. The highest BCUT2D eigenvalue weighted by molar-refractivity contribution is 4.73. The van der Waals surface area contributed by atoms with Crippen LogP contribution >= 0.6 is 0 Å². The summed E-state index contributed by atoms with van der Waals surface area (Å²) >= 11 is 0. The lowest BCUT2D eigenvalue weighted by atomic mass is 10.0. The fraction of sp³-hybridized carbons (Fsp3) is 1.00. The van der Waals surface area contributed by atoms with Crippen LogP contribution in [0.15, 0.2) is 0 Å². The van der Waals surface area contributed by atoms with Gasteiger partial charge in [-0.1, -0.05) is 6.92 Å². The van der Waals surface area contributed by atoms with Gasteiger partial charge in [0.1, 0.15) is 0 Å². The third-order valence-corrected chi connectivity index (χ3v) is 1.87. The standard InChI is InChI=1S/C7H11F3O/c1-5-2-3-6(11-4-5)7(8,9)10/h5-6H,2-4H2,1H3/t5-,6+/m1/s1. The Morgan fingerprint density at radius 2 is 1.91 bits per heavy atom. The molecule has 1 fully saturated rings. The maximum atomic E-state index is 11.9. The second kappa shape index (κ2) is 3.01. The summed E-state index contributed by atoms with van der Waals surface area (Å²) in [6, 6.07) is 0. The molecule has 0 aromatic carbocycles. The molecule has 0 saturated carbocycles. The molecule has 2 atom stereocenters. The number of hydrogen-bond donors (Lipinski definition) is 0. The highest BCUT2D eigenvalue weighted by atomic mass is 19.4. The van der Waals surface area contributed by atoms with Gasteiger partial charge in [0.25, 0.3) is 0 Å². The lowest BCUT2D eigenvalue weighted by Crippen LogP contribution is -2.36. The minimum atomic E-state index is -4.17. The maximum Gasteiger partial charge on any atom is 0.414 e. The van der Waals surface area contributed by atoms with Crippen LogP contribution in [0, 0.1) is 5.92 Å². The van der Waals surface area contributed by atoms with Crippen molar-refractivity contribution in [1.82, 2.24) is 0 Å². The zero-order valence-corrected chi connectivity index (χ0v) is 6.32. The van der Waals surface area contributed by atoms with E-state index in [9.17, 15) is 13.2 Å². The fourth-order valence-electron chi connectivity index (χ4n) is 1.14. The van der Waals surface area contributed by atoms with Crippen molar-refractivity contribution in [2.24, 2.45) is 5.92 Å². The molecule has 0 amide bonds. The molecule has 1 saturated heterocycles. The van der Waals surface area contributed by atoms with Crippen molar-refractivity contribution < 1.29 is 17.9 Å². The molecule has 0 aromatic rings. The van der Waals surface area contributed by atoms with E-state index in [1.807, 2.05) is 6.92 Å². The van der Waals surface area contributed by atoms with Crippen molar-refractivity contribution in [1.29, 1.82) is 0 Å². The predicted molar refractivity (Wildman–Crippen MR) is 34.2 cm³/mol. The molecule has 1 rings (SSSR count). The average Bonchev–Trinajstić information content (AvgIpc) is 1.86. The number of rotatable bonds is 0. The molecule has 1 aliphatic heterocycles. The van der Waals surface area contributed by atoms with E-state index in [4.69, 9.17) is 0 Å². The van der Waals surface area contributed by atoms with E-state index in [2.05, 4.69) is 4.74 Å². The van der Waals surface area contributed by atoms with Crippen LogP contribution in [-0.4, -0.2) is 18.9 Å². The summed E-state index contributed by atoms with van der Waals surface area (Å²) in [6.45, 7) is 2.14. The largest absolute Gasteiger partial charge is 0.414 e. The van der Waals surface area contributed by atoms with Crippen LogP contribution in [0.2, 0.25) is 0 Å². The number of hydrogen-bond acceptors (Lipinski definition) is 1. The van der Waals surface area contributed by atoms with Crippen molar-refractivity contribution >= 4 is 0 Å². The van der Waals surface area contributed by atoms with Gasteiger partial charge in [-0.3, -0.25) is 0 Å². The Morgan fingerprint density at radius 1 is 1.27 bits per heavy atom. The summed E-state index contributed by atoms with van der Waals surface area (Å²) < 4.78 is 40.5. The van der Waals surface area contributed by atoms with Crippen LogP contribution in [0.25, 0.3) is 0 Å². The van der Waals surface area contributed by atoms with Gasteiger partial charge in [0.15, 0.2) is 6.10 Å². The third-order valence-electron chi connectivity index (χ3n) is 1.87.